The van der Waals surface area contributed by atoms with Crippen molar-refractivity contribution in [2.75, 3.05) is 0 Å². The quantitative estimate of drug-likeness (QED) is 0.721. The van der Waals surface area contributed by atoms with Crippen molar-refractivity contribution >= 4 is 16.9 Å². The van der Waals surface area contributed by atoms with Crippen LogP contribution in [0.2, 0.25) is 0 Å². The molecule has 1 aromatic heterocycles. The molecule has 2 rings (SSSR count). The molecule has 0 saturated carbocycles. The van der Waals surface area contributed by atoms with Crippen molar-refractivity contribution in [3.05, 3.63) is 60.4 Å². The number of hydrogen-bond acceptors (Lipinski definition) is 3. The van der Waals surface area contributed by atoms with Crippen LogP contribution in [0, 0.1) is 0 Å². The lowest BCUT2D eigenvalue weighted by Crippen LogP contribution is -1.95. The second kappa shape index (κ2) is 4.75. The van der Waals surface area contributed by atoms with Crippen molar-refractivity contribution in [2.45, 2.75) is 4.90 Å². The molecule has 0 radical (unpaired) electrons. The lowest BCUT2D eigenvalue weighted by atomic mass is 10.4. The molecule has 0 aliphatic heterocycles. The molecule has 0 aliphatic carbocycles. The van der Waals surface area contributed by atoms with Crippen LogP contribution in [0.4, 0.5) is 0 Å². The first-order chi connectivity index (χ1) is 7.36. The fourth-order valence-electron chi connectivity index (χ4n) is 1.13. The van der Waals surface area contributed by atoms with Crippen LogP contribution in [-0.2, 0) is 0 Å². The SMILES string of the molecule is O=C(Sc1ccccc1)c1ccccn1. The molecule has 0 bridgehead atoms. The van der Waals surface area contributed by atoms with E-state index in [1.807, 2.05) is 36.4 Å². The van der Waals surface area contributed by atoms with Crippen LogP contribution < -0.4 is 0 Å². The summed E-state index contributed by atoms with van der Waals surface area (Å²) in [6.45, 7) is 0. The lowest BCUT2D eigenvalue weighted by molar-refractivity contribution is 0.108. The number of carbonyl (C=O) groups excluding carboxylic acids is 1. The van der Waals surface area contributed by atoms with E-state index in [4.69, 9.17) is 0 Å². The lowest BCUT2D eigenvalue weighted by Gasteiger charge is -1.98. The summed E-state index contributed by atoms with van der Waals surface area (Å²) in [6.07, 6.45) is 1.62. The third-order valence-electron chi connectivity index (χ3n) is 1.83. The van der Waals surface area contributed by atoms with E-state index in [0.29, 0.717) is 5.69 Å². The number of carbonyl (C=O) groups is 1. The molecule has 15 heavy (non-hydrogen) atoms. The highest BCUT2D eigenvalue weighted by molar-refractivity contribution is 8.14. The van der Waals surface area contributed by atoms with Gasteiger partial charge in [-0.15, -0.1) is 0 Å². The maximum atomic E-state index is 11.7. The van der Waals surface area contributed by atoms with Gasteiger partial charge in [-0.2, -0.15) is 0 Å². The molecule has 0 spiro atoms. The highest BCUT2D eigenvalue weighted by atomic mass is 32.2. The van der Waals surface area contributed by atoms with E-state index in [1.54, 1.807) is 18.3 Å². The Bertz CT molecular complexity index is 442. The van der Waals surface area contributed by atoms with Gasteiger partial charge >= 0.3 is 0 Å². The number of benzene rings is 1. The van der Waals surface area contributed by atoms with Crippen LogP contribution >= 0.6 is 11.8 Å². The van der Waals surface area contributed by atoms with E-state index in [9.17, 15) is 4.79 Å². The molecule has 0 N–H and O–H groups in total. The monoisotopic (exact) mass is 215 g/mol. The average molecular weight is 215 g/mol. The molecule has 1 aromatic carbocycles. The highest BCUT2D eigenvalue weighted by Crippen LogP contribution is 2.20. The van der Waals surface area contributed by atoms with Crippen molar-refractivity contribution in [1.82, 2.24) is 4.98 Å². The summed E-state index contributed by atoms with van der Waals surface area (Å²) >= 11 is 1.20. The van der Waals surface area contributed by atoms with Crippen LogP contribution in [0.15, 0.2) is 59.6 Å². The predicted octanol–water partition coefficient (Wildman–Crippen LogP) is 3.01. The Balaban J connectivity index is 2.12. The minimum Gasteiger partial charge on any atom is -0.279 e. The van der Waals surface area contributed by atoms with E-state index in [2.05, 4.69) is 4.98 Å². The van der Waals surface area contributed by atoms with E-state index in [-0.39, 0.29) is 5.12 Å². The minimum atomic E-state index is -0.0261. The van der Waals surface area contributed by atoms with Gasteiger partial charge in [-0.1, -0.05) is 24.3 Å². The van der Waals surface area contributed by atoms with E-state index in [1.165, 1.54) is 11.8 Å². The Morgan fingerprint density at radius 1 is 1.00 bits per heavy atom. The summed E-state index contributed by atoms with van der Waals surface area (Å²) in [4.78, 5) is 16.7. The molecular formula is C12H9NOS. The van der Waals surface area contributed by atoms with Crippen LogP contribution in [0.3, 0.4) is 0 Å². The Labute approximate surface area is 92.4 Å². The highest BCUT2D eigenvalue weighted by Gasteiger charge is 2.07. The van der Waals surface area contributed by atoms with Gasteiger partial charge in [0.15, 0.2) is 0 Å². The molecular weight excluding hydrogens is 206 g/mol. The zero-order chi connectivity index (χ0) is 10.5. The van der Waals surface area contributed by atoms with Crippen molar-refractivity contribution in [3.8, 4) is 0 Å². The summed E-state index contributed by atoms with van der Waals surface area (Å²) in [5, 5.41) is -0.0261. The number of aromatic nitrogens is 1. The fraction of sp³-hybridized carbons (Fsp3) is 0. The molecule has 0 saturated heterocycles. The van der Waals surface area contributed by atoms with Gasteiger partial charge in [-0.25, -0.2) is 0 Å². The molecule has 1 heterocycles. The molecule has 74 valence electrons. The van der Waals surface area contributed by atoms with Gasteiger partial charge in [0.25, 0.3) is 0 Å². The molecule has 0 unspecified atom stereocenters. The maximum absolute atomic E-state index is 11.7. The van der Waals surface area contributed by atoms with Crippen LogP contribution in [0.25, 0.3) is 0 Å². The first kappa shape index (κ1) is 9.93. The zero-order valence-electron chi connectivity index (χ0n) is 7.96. The second-order valence-electron chi connectivity index (χ2n) is 2.92. The number of thioether (sulfide) groups is 1. The third-order valence-corrected chi connectivity index (χ3v) is 2.73. The van der Waals surface area contributed by atoms with Gasteiger partial charge in [0.05, 0.1) is 0 Å². The molecule has 0 atom stereocenters. The Morgan fingerprint density at radius 2 is 1.73 bits per heavy atom. The minimum absolute atomic E-state index is 0.0261. The number of pyridine rings is 1. The summed E-state index contributed by atoms with van der Waals surface area (Å²) in [5.74, 6) is 0. The third kappa shape index (κ3) is 2.67. The average Bonchev–Trinajstić information content (AvgIpc) is 2.31. The standard InChI is InChI=1S/C12H9NOS/c14-12(11-8-4-5-9-13-11)15-10-6-2-1-3-7-10/h1-9H. The summed E-state index contributed by atoms with van der Waals surface area (Å²) in [5.41, 5.74) is 0.492. The summed E-state index contributed by atoms with van der Waals surface area (Å²) in [6, 6.07) is 14.9. The second-order valence-corrected chi connectivity index (χ2v) is 3.96. The van der Waals surface area contributed by atoms with Crippen molar-refractivity contribution < 1.29 is 4.79 Å². The van der Waals surface area contributed by atoms with E-state index in [0.717, 1.165) is 4.90 Å². The molecule has 0 aliphatic rings. The van der Waals surface area contributed by atoms with Crippen molar-refractivity contribution in [1.29, 1.82) is 0 Å². The number of rotatable bonds is 2. The zero-order valence-corrected chi connectivity index (χ0v) is 8.78. The van der Waals surface area contributed by atoms with E-state index >= 15 is 0 Å². The predicted molar refractivity (Wildman–Crippen MR) is 60.9 cm³/mol. The normalized spacial score (nSPS) is 9.87. The van der Waals surface area contributed by atoms with E-state index < -0.39 is 0 Å². The van der Waals surface area contributed by atoms with Crippen molar-refractivity contribution in [3.63, 3.8) is 0 Å². The van der Waals surface area contributed by atoms with Crippen LogP contribution in [0.1, 0.15) is 10.5 Å². The topological polar surface area (TPSA) is 30.0 Å². The molecule has 3 heteroatoms. The van der Waals surface area contributed by atoms with Gasteiger partial charge in [0.2, 0.25) is 5.12 Å². The van der Waals surface area contributed by atoms with Crippen LogP contribution in [0.5, 0.6) is 0 Å². The summed E-state index contributed by atoms with van der Waals surface area (Å²) in [7, 11) is 0. The smallest absolute Gasteiger partial charge is 0.242 e. The first-order valence-corrected chi connectivity index (χ1v) is 5.36. The molecule has 0 fully saturated rings. The van der Waals surface area contributed by atoms with Gasteiger partial charge < -0.3 is 0 Å². The van der Waals surface area contributed by atoms with Crippen molar-refractivity contribution in [2.24, 2.45) is 0 Å². The summed E-state index contributed by atoms with van der Waals surface area (Å²) < 4.78 is 0. The molecule has 2 nitrogen and oxygen atoms in total. The first-order valence-electron chi connectivity index (χ1n) is 4.54. The van der Waals surface area contributed by atoms with Gasteiger partial charge in [-0.05, 0) is 36.0 Å². The van der Waals surface area contributed by atoms with Crippen LogP contribution in [-0.4, -0.2) is 10.1 Å². The van der Waals surface area contributed by atoms with Gasteiger partial charge in [0, 0.05) is 11.1 Å². The number of hydrogen-bond donors (Lipinski definition) is 0. The number of nitrogens with zero attached hydrogens (tertiary/aromatic N) is 1. The largest absolute Gasteiger partial charge is 0.279 e. The fourth-order valence-corrected chi connectivity index (χ4v) is 1.86. The maximum Gasteiger partial charge on any atom is 0.242 e. The Morgan fingerprint density at radius 3 is 2.40 bits per heavy atom. The van der Waals surface area contributed by atoms with Gasteiger partial charge in [0.1, 0.15) is 5.69 Å². The Kier molecular flexibility index (Phi) is 3.15. The Hall–Kier alpha value is -1.61. The van der Waals surface area contributed by atoms with Gasteiger partial charge in [-0.3, -0.25) is 9.78 Å². The molecule has 0 amide bonds. The molecule has 2 aromatic rings.